The van der Waals surface area contributed by atoms with Crippen LogP contribution in [0.5, 0.6) is 0 Å². The summed E-state index contributed by atoms with van der Waals surface area (Å²) in [5.74, 6) is -0.489. The van der Waals surface area contributed by atoms with Crippen molar-refractivity contribution in [2.24, 2.45) is 0 Å². The maximum Gasteiger partial charge on any atom is 0.259 e. The molecule has 1 aliphatic rings. The second-order valence-electron chi connectivity index (χ2n) is 3.46. The highest BCUT2D eigenvalue weighted by Crippen LogP contribution is 2.12. The zero-order valence-corrected chi connectivity index (χ0v) is 8.64. The fraction of sp³-hybridized carbons (Fsp3) is 0.0769. The molecule has 1 aliphatic carbocycles. The lowest BCUT2D eigenvalue weighted by Crippen LogP contribution is -2.21. The predicted octanol–water partition coefficient (Wildman–Crippen LogP) is 2.08. The number of benzene rings is 1. The molecule has 0 saturated carbocycles. The summed E-state index contributed by atoms with van der Waals surface area (Å²) in [7, 11) is 0. The summed E-state index contributed by atoms with van der Waals surface area (Å²) in [6.45, 7) is 0. The number of anilines is 1. The van der Waals surface area contributed by atoms with E-state index in [9.17, 15) is 9.59 Å². The molecule has 0 saturated heterocycles. The van der Waals surface area contributed by atoms with Crippen molar-refractivity contribution in [3.8, 4) is 0 Å². The van der Waals surface area contributed by atoms with Crippen LogP contribution in [-0.2, 0) is 9.59 Å². The van der Waals surface area contributed by atoms with Gasteiger partial charge in [0.05, 0.1) is 5.57 Å². The van der Waals surface area contributed by atoms with E-state index in [1.165, 1.54) is 0 Å². The topological polar surface area (TPSA) is 46.2 Å². The van der Waals surface area contributed by atoms with Crippen LogP contribution in [0.25, 0.3) is 0 Å². The van der Waals surface area contributed by atoms with E-state index in [-0.39, 0.29) is 17.3 Å². The molecule has 0 radical (unpaired) electrons. The third kappa shape index (κ3) is 2.25. The van der Waals surface area contributed by atoms with Gasteiger partial charge in [-0.25, -0.2) is 0 Å². The zero-order valence-electron chi connectivity index (χ0n) is 8.64. The molecule has 80 valence electrons. The molecule has 0 aromatic heterocycles. The number of hydrogen-bond donors (Lipinski definition) is 1. The van der Waals surface area contributed by atoms with Crippen LogP contribution in [0, 0.1) is 0 Å². The molecule has 0 fully saturated rings. The van der Waals surface area contributed by atoms with E-state index in [0.717, 1.165) is 0 Å². The average Bonchev–Trinajstić information content (AvgIpc) is 2.31. The van der Waals surface area contributed by atoms with Crippen molar-refractivity contribution >= 4 is 17.4 Å². The Morgan fingerprint density at radius 2 is 1.94 bits per heavy atom. The first-order chi connectivity index (χ1) is 7.77. The monoisotopic (exact) mass is 213 g/mol. The molecule has 0 atom stereocenters. The van der Waals surface area contributed by atoms with E-state index in [4.69, 9.17) is 0 Å². The fourth-order valence-corrected chi connectivity index (χ4v) is 1.46. The number of ketones is 1. The summed E-state index contributed by atoms with van der Waals surface area (Å²) in [5.41, 5.74) is 0.905. The number of Topliss-reactive ketones (excluding diaryl/α,β-unsaturated/α-hetero) is 1. The number of para-hydroxylation sites is 1. The number of allylic oxidation sites excluding steroid dienone is 3. The van der Waals surface area contributed by atoms with E-state index in [1.807, 2.05) is 18.2 Å². The van der Waals surface area contributed by atoms with Gasteiger partial charge in [-0.1, -0.05) is 30.4 Å². The number of hydrogen-bond acceptors (Lipinski definition) is 2. The summed E-state index contributed by atoms with van der Waals surface area (Å²) in [5, 5.41) is 2.68. The van der Waals surface area contributed by atoms with Gasteiger partial charge in [-0.2, -0.15) is 0 Å². The third-order valence-electron chi connectivity index (χ3n) is 2.28. The van der Waals surface area contributed by atoms with Crippen LogP contribution in [-0.4, -0.2) is 11.7 Å². The number of amides is 1. The Kier molecular flexibility index (Phi) is 2.96. The van der Waals surface area contributed by atoms with Crippen LogP contribution in [0.4, 0.5) is 5.69 Å². The molecular formula is C13H11NO2. The highest BCUT2D eigenvalue weighted by Gasteiger charge is 2.18. The smallest absolute Gasteiger partial charge is 0.259 e. The minimum Gasteiger partial charge on any atom is -0.322 e. The minimum atomic E-state index is -0.347. The van der Waals surface area contributed by atoms with Crippen molar-refractivity contribution in [2.45, 2.75) is 6.42 Å². The van der Waals surface area contributed by atoms with Gasteiger partial charge in [-0.05, 0) is 18.2 Å². The molecular weight excluding hydrogens is 202 g/mol. The summed E-state index contributed by atoms with van der Waals surface area (Å²) < 4.78 is 0. The van der Waals surface area contributed by atoms with Gasteiger partial charge in [0.1, 0.15) is 0 Å². The number of carbonyl (C=O) groups is 2. The van der Waals surface area contributed by atoms with Crippen LogP contribution < -0.4 is 5.32 Å². The van der Waals surface area contributed by atoms with Crippen molar-refractivity contribution in [3.63, 3.8) is 0 Å². The van der Waals surface area contributed by atoms with Crippen molar-refractivity contribution in [1.29, 1.82) is 0 Å². The molecule has 2 rings (SSSR count). The van der Waals surface area contributed by atoms with E-state index in [1.54, 1.807) is 30.4 Å². The molecule has 0 bridgehead atoms. The first-order valence-electron chi connectivity index (χ1n) is 5.04. The Bertz CT molecular complexity index is 472. The average molecular weight is 213 g/mol. The zero-order chi connectivity index (χ0) is 11.4. The number of rotatable bonds is 2. The highest BCUT2D eigenvalue weighted by atomic mass is 16.2. The van der Waals surface area contributed by atoms with Crippen LogP contribution >= 0.6 is 0 Å². The van der Waals surface area contributed by atoms with Gasteiger partial charge in [0.2, 0.25) is 0 Å². The number of nitrogens with one attached hydrogen (secondary N) is 1. The Labute approximate surface area is 93.5 Å². The maximum atomic E-state index is 11.7. The maximum absolute atomic E-state index is 11.7. The van der Waals surface area contributed by atoms with E-state index >= 15 is 0 Å². The van der Waals surface area contributed by atoms with Crippen molar-refractivity contribution in [3.05, 3.63) is 54.1 Å². The van der Waals surface area contributed by atoms with Crippen molar-refractivity contribution in [1.82, 2.24) is 0 Å². The summed E-state index contributed by atoms with van der Waals surface area (Å²) in [4.78, 5) is 23.2. The lowest BCUT2D eigenvalue weighted by Gasteiger charge is -2.08. The summed E-state index contributed by atoms with van der Waals surface area (Å²) in [6.07, 6.45) is 5.31. The van der Waals surface area contributed by atoms with Gasteiger partial charge < -0.3 is 5.32 Å². The molecule has 0 unspecified atom stereocenters. The molecule has 0 aliphatic heterocycles. The first kappa shape index (κ1) is 10.4. The lowest BCUT2D eigenvalue weighted by molar-refractivity contribution is -0.119. The van der Waals surface area contributed by atoms with Crippen molar-refractivity contribution in [2.75, 3.05) is 5.32 Å². The summed E-state index contributed by atoms with van der Waals surface area (Å²) in [6, 6.07) is 9.08. The second kappa shape index (κ2) is 4.57. The molecule has 16 heavy (non-hydrogen) atoms. The van der Waals surface area contributed by atoms with Crippen LogP contribution in [0.2, 0.25) is 0 Å². The van der Waals surface area contributed by atoms with Gasteiger partial charge in [0.15, 0.2) is 5.78 Å². The van der Waals surface area contributed by atoms with Gasteiger partial charge in [-0.15, -0.1) is 0 Å². The van der Waals surface area contributed by atoms with Crippen LogP contribution in [0.1, 0.15) is 6.42 Å². The molecule has 1 aromatic carbocycles. The fourth-order valence-electron chi connectivity index (χ4n) is 1.46. The van der Waals surface area contributed by atoms with E-state index in [0.29, 0.717) is 12.1 Å². The number of carbonyl (C=O) groups excluding carboxylic acids is 2. The third-order valence-corrected chi connectivity index (χ3v) is 2.28. The largest absolute Gasteiger partial charge is 0.322 e. The molecule has 3 heteroatoms. The molecule has 0 heterocycles. The first-order valence-corrected chi connectivity index (χ1v) is 5.04. The van der Waals surface area contributed by atoms with Gasteiger partial charge in [0, 0.05) is 12.1 Å². The molecule has 3 nitrogen and oxygen atoms in total. The standard InChI is InChI=1S/C13H11NO2/c15-12-9-5-4-8-11(12)13(16)14-10-6-2-1-3-7-10/h1-8H,9H2,(H,14,16). The Morgan fingerprint density at radius 1 is 1.19 bits per heavy atom. The van der Waals surface area contributed by atoms with Gasteiger partial charge >= 0.3 is 0 Å². The van der Waals surface area contributed by atoms with Gasteiger partial charge in [-0.3, -0.25) is 9.59 Å². The Balaban J connectivity index is 2.12. The molecule has 1 amide bonds. The van der Waals surface area contributed by atoms with Crippen LogP contribution in [0.3, 0.4) is 0 Å². The molecule has 1 aromatic rings. The quantitative estimate of drug-likeness (QED) is 0.764. The van der Waals surface area contributed by atoms with Crippen molar-refractivity contribution < 1.29 is 9.59 Å². The minimum absolute atomic E-state index is 0.143. The summed E-state index contributed by atoms with van der Waals surface area (Å²) >= 11 is 0. The van der Waals surface area contributed by atoms with Crippen LogP contribution in [0.15, 0.2) is 54.1 Å². The second-order valence-corrected chi connectivity index (χ2v) is 3.46. The Hall–Kier alpha value is -2.16. The van der Waals surface area contributed by atoms with Gasteiger partial charge in [0.25, 0.3) is 5.91 Å². The molecule has 0 spiro atoms. The predicted molar refractivity (Wildman–Crippen MR) is 61.9 cm³/mol. The lowest BCUT2D eigenvalue weighted by atomic mass is 10.0. The normalized spacial score (nSPS) is 14.5. The Morgan fingerprint density at radius 3 is 2.62 bits per heavy atom. The van der Waals surface area contributed by atoms with E-state index < -0.39 is 0 Å². The molecule has 1 N–H and O–H groups in total. The highest BCUT2D eigenvalue weighted by molar-refractivity contribution is 6.24. The van der Waals surface area contributed by atoms with E-state index in [2.05, 4.69) is 5.32 Å². The SMILES string of the molecule is O=C1CC=CC=C1C(=O)Nc1ccccc1.